The zero-order valence-corrected chi connectivity index (χ0v) is 14.1. The number of aliphatic carboxylic acids is 1. The number of aromatic nitrogens is 1. The van der Waals surface area contributed by atoms with Gasteiger partial charge in [-0.25, -0.2) is 4.79 Å². The van der Waals surface area contributed by atoms with Crippen LogP contribution in [0.5, 0.6) is 5.75 Å². The molecule has 1 N–H and O–H groups in total. The standard InChI is InChI=1S/C17H20N2O5/c1-10(2)16-15(11(3)18-24-16)17(22)19(4)12-5-7-13(8-6-12)23-9-14(20)21/h5-8,10H,9H2,1-4H3,(H,20,21). The van der Waals surface area contributed by atoms with E-state index in [0.717, 1.165) is 0 Å². The van der Waals surface area contributed by atoms with Crippen molar-refractivity contribution in [3.05, 3.63) is 41.3 Å². The minimum Gasteiger partial charge on any atom is -0.482 e. The molecule has 0 aliphatic carbocycles. The monoisotopic (exact) mass is 332 g/mol. The first-order valence-electron chi connectivity index (χ1n) is 7.50. The normalized spacial score (nSPS) is 10.7. The van der Waals surface area contributed by atoms with Crippen molar-refractivity contribution in [2.24, 2.45) is 0 Å². The second-order valence-electron chi connectivity index (χ2n) is 5.70. The third-order valence-electron chi connectivity index (χ3n) is 3.52. The Kier molecular flexibility index (Phi) is 5.23. The number of carbonyl (C=O) groups is 2. The Morgan fingerprint density at radius 1 is 1.29 bits per heavy atom. The first-order valence-corrected chi connectivity index (χ1v) is 7.50. The summed E-state index contributed by atoms with van der Waals surface area (Å²) in [7, 11) is 1.66. The number of ether oxygens (including phenoxy) is 1. The summed E-state index contributed by atoms with van der Waals surface area (Å²) in [5.41, 5.74) is 1.67. The predicted molar refractivity (Wildman–Crippen MR) is 87.6 cm³/mol. The van der Waals surface area contributed by atoms with Gasteiger partial charge < -0.3 is 19.3 Å². The van der Waals surface area contributed by atoms with Crippen LogP contribution in [0.4, 0.5) is 5.69 Å². The van der Waals surface area contributed by atoms with Crippen LogP contribution in [0.25, 0.3) is 0 Å². The fourth-order valence-electron chi connectivity index (χ4n) is 2.24. The molecule has 0 bridgehead atoms. The second kappa shape index (κ2) is 7.16. The van der Waals surface area contributed by atoms with Crippen molar-refractivity contribution < 1.29 is 24.0 Å². The molecule has 0 unspecified atom stereocenters. The second-order valence-corrected chi connectivity index (χ2v) is 5.70. The van der Waals surface area contributed by atoms with Gasteiger partial charge in [0.05, 0.1) is 5.69 Å². The van der Waals surface area contributed by atoms with Gasteiger partial charge in [0.25, 0.3) is 5.91 Å². The van der Waals surface area contributed by atoms with Gasteiger partial charge in [0, 0.05) is 18.7 Å². The molecule has 1 aromatic carbocycles. The highest BCUT2D eigenvalue weighted by atomic mass is 16.5. The van der Waals surface area contributed by atoms with Crippen molar-refractivity contribution in [3.8, 4) is 5.75 Å². The van der Waals surface area contributed by atoms with E-state index in [1.807, 2.05) is 13.8 Å². The average Bonchev–Trinajstić information content (AvgIpc) is 2.94. The molecule has 0 spiro atoms. The van der Waals surface area contributed by atoms with Gasteiger partial charge in [-0.15, -0.1) is 0 Å². The molecule has 0 saturated heterocycles. The van der Waals surface area contributed by atoms with Crippen LogP contribution in [0.3, 0.4) is 0 Å². The molecule has 2 aromatic rings. The van der Waals surface area contributed by atoms with Crippen molar-refractivity contribution in [2.75, 3.05) is 18.6 Å². The maximum atomic E-state index is 12.8. The molecule has 24 heavy (non-hydrogen) atoms. The van der Waals surface area contributed by atoms with Crippen LogP contribution in [-0.4, -0.2) is 35.8 Å². The van der Waals surface area contributed by atoms with Gasteiger partial charge in [-0.3, -0.25) is 4.79 Å². The minimum absolute atomic E-state index is 0.0466. The van der Waals surface area contributed by atoms with E-state index in [0.29, 0.717) is 28.5 Å². The van der Waals surface area contributed by atoms with Gasteiger partial charge in [0.1, 0.15) is 11.3 Å². The Morgan fingerprint density at radius 3 is 2.46 bits per heavy atom. The molecule has 2 rings (SSSR count). The highest BCUT2D eigenvalue weighted by molar-refractivity contribution is 6.07. The van der Waals surface area contributed by atoms with E-state index in [-0.39, 0.29) is 11.8 Å². The molecule has 1 aromatic heterocycles. The molecule has 0 aliphatic rings. The number of hydrogen-bond acceptors (Lipinski definition) is 5. The summed E-state index contributed by atoms with van der Waals surface area (Å²) in [6.45, 7) is 5.20. The summed E-state index contributed by atoms with van der Waals surface area (Å²) < 4.78 is 10.3. The van der Waals surface area contributed by atoms with Gasteiger partial charge in [-0.1, -0.05) is 19.0 Å². The molecule has 0 aliphatic heterocycles. The van der Waals surface area contributed by atoms with E-state index in [9.17, 15) is 9.59 Å². The molecule has 128 valence electrons. The largest absolute Gasteiger partial charge is 0.482 e. The average molecular weight is 332 g/mol. The van der Waals surface area contributed by atoms with Crippen molar-refractivity contribution in [3.63, 3.8) is 0 Å². The third kappa shape index (κ3) is 3.73. The quantitative estimate of drug-likeness (QED) is 0.874. The van der Waals surface area contributed by atoms with E-state index in [1.165, 1.54) is 4.90 Å². The third-order valence-corrected chi connectivity index (χ3v) is 3.52. The summed E-state index contributed by atoms with van der Waals surface area (Å²) in [4.78, 5) is 24.8. The Labute approximate surface area is 139 Å². The Balaban J connectivity index is 2.19. The van der Waals surface area contributed by atoms with Crippen LogP contribution in [0, 0.1) is 6.92 Å². The number of carboxylic acids is 1. The molecule has 0 atom stereocenters. The van der Waals surface area contributed by atoms with Gasteiger partial charge in [-0.2, -0.15) is 0 Å². The van der Waals surface area contributed by atoms with Gasteiger partial charge in [0.2, 0.25) is 0 Å². The Hall–Kier alpha value is -2.83. The van der Waals surface area contributed by atoms with Crippen molar-refractivity contribution in [1.29, 1.82) is 0 Å². The number of benzene rings is 1. The number of carboxylic acid groups (broad SMARTS) is 1. The van der Waals surface area contributed by atoms with Crippen LogP contribution in [0.15, 0.2) is 28.8 Å². The molecule has 1 heterocycles. The molecule has 0 fully saturated rings. The van der Waals surface area contributed by atoms with E-state index >= 15 is 0 Å². The Morgan fingerprint density at radius 2 is 1.92 bits per heavy atom. The van der Waals surface area contributed by atoms with E-state index in [4.69, 9.17) is 14.4 Å². The van der Waals surface area contributed by atoms with E-state index < -0.39 is 12.6 Å². The Bertz CT molecular complexity index is 734. The topological polar surface area (TPSA) is 92.9 Å². The highest BCUT2D eigenvalue weighted by Crippen LogP contribution is 2.26. The minimum atomic E-state index is -1.05. The van der Waals surface area contributed by atoms with Crippen LogP contribution >= 0.6 is 0 Å². The molecule has 7 nitrogen and oxygen atoms in total. The van der Waals surface area contributed by atoms with Gasteiger partial charge in [0.15, 0.2) is 12.4 Å². The summed E-state index contributed by atoms with van der Waals surface area (Å²) in [5.74, 6) is -0.227. The van der Waals surface area contributed by atoms with E-state index in [1.54, 1.807) is 38.2 Å². The fraction of sp³-hybridized carbons (Fsp3) is 0.353. The van der Waals surface area contributed by atoms with Crippen LogP contribution in [0.2, 0.25) is 0 Å². The molecular formula is C17H20N2O5. The molecule has 0 saturated carbocycles. The van der Waals surface area contributed by atoms with Crippen LogP contribution in [0.1, 0.15) is 41.6 Å². The lowest BCUT2D eigenvalue weighted by Gasteiger charge is -2.18. The summed E-state index contributed by atoms with van der Waals surface area (Å²) >= 11 is 0. The number of anilines is 1. The number of amides is 1. The smallest absolute Gasteiger partial charge is 0.341 e. The first-order chi connectivity index (χ1) is 11.3. The number of carbonyl (C=O) groups excluding carboxylic acids is 1. The maximum Gasteiger partial charge on any atom is 0.341 e. The molecule has 7 heteroatoms. The lowest BCUT2D eigenvalue weighted by atomic mass is 10.0. The summed E-state index contributed by atoms with van der Waals surface area (Å²) in [5, 5.41) is 12.5. The van der Waals surface area contributed by atoms with Crippen LogP contribution in [-0.2, 0) is 4.79 Å². The SMILES string of the molecule is Cc1noc(C(C)C)c1C(=O)N(C)c1ccc(OCC(=O)O)cc1. The fourth-order valence-corrected chi connectivity index (χ4v) is 2.24. The highest BCUT2D eigenvalue weighted by Gasteiger charge is 2.25. The van der Waals surface area contributed by atoms with Crippen molar-refractivity contribution in [1.82, 2.24) is 5.16 Å². The summed E-state index contributed by atoms with van der Waals surface area (Å²) in [6, 6.07) is 6.61. The molecular weight excluding hydrogens is 312 g/mol. The number of hydrogen-bond donors (Lipinski definition) is 1. The summed E-state index contributed by atoms with van der Waals surface area (Å²) in [6.07, 6.45) is 0. The number of nitrogens with zero attached hydrogens (tertiary/aromatic N) is 2. The lowest BCUT2D eigenvalue weighted by molar-refractivity contribution is -0.139. The lowest BCUT2D eigenvalue weighted by Crippen LogP contribution is -2.27. The first kappa shape index (κ1) is 17.5. The predicted octanol–water partition coefficient (Wildman–Crippen LogP) is 2.85. The molecule has 0 radical (unpaired) electrons. The zero-order chi connectivity index (χ0) is 17.9. The maximum absolute atomic E-state index is 12.8. The van der Waals surface area contributed by atoms with Crippen molar-refractivity contribution >= 4 is 17.6 Å². The van der Waals surface area contributed by atoms with Crippen LogP contribution < -0.4 is 9.64 Å². The molecule has 1 amide bonds. The van der Waals surface area contributed by atoms with Gasteiger partial charge >= 0.3 is 5.97 Å². The number of rotatable bonds is 6. The van der Waals surface area contributed by atoms with Gasteiger partial charge in [-0.05, 0) is 31.2 Å². The number of aryl methyl sites for hydroxylation is 1. The van der Waals surface area contributed by atoms with E-state index in [2.05, 4.69) is 5.16 Å². The zero-order valence-electron chi connectivity index (χ0n) is 14.1. The van der Waals surface area contributed by atoms with Crippen molar-refractivity contribution in [2.45, 2.75) is 26.7 Å².